The van der Waals surface area contributed by atoms with Crippen LogP contribution in [-0.4, -0.2) is 31.5 Å². The summed E-state index contributed by atoms with van der Waals surface area (Å²) in [6.45, 7) is 3.58. The van der Waals surface area contributed by atoms with Crippen molar-refractivity contribution in [2.45, 2.75) is 18.7 Å². The van der Waals surface area contributed by atoms with E-state index in [2.05, 4.69) is 15.5 Å². The Morgan fingerprint density at radius 2 is 1.61 bits per heavy atom. The Balaban J connectivity index is 1.53. The maximum Gasteiger partial charge on any atom is 0.264 e. The van der Waals surface area contributed by atoms with Crippen LogP contribution >= 0.6 is 0 Å². The number of anilines is 2. The van der Waals surface area contributed by atoms with Crippen LogP contribution in [0.3, 0.4) is 0 Å². The number of carbonyl (C=O) groups is 1. The summed E-state index contributed by atoms with van der Waals surface area (Å²) >= 11 is 0. The molecule has 33 heavy (non-hydrogen) atoms. The summed E-state index contributed by atoms with van der Waals surface area (Å²) in [5.74, 6) is 0.450. The number of rotatable bonds is 6. The molecular formula is C24H22N4O4S. The highest BCUT2D eigenvalue weighted by atomic mass is 32.2. The summed E-state index contributed by atoms with van der Waals surface area (Å²) < 4.78 is 32.0. The molecule has 0 radical (unpaired) electrons. The third-order valence-electron chi connectivity index (χ3n) is 5.12. The van der Waals surface area contributed by atoms with Gasteiger partial charge in [0.2, 0.25) is 11.7 Å². The molecule has 9 heteroatoms. The van der Waals surface area contributed by atoms with Crippen LogP contribution in [-0.2, 0) is 10.0 Å². The average molecular weight is 463 g/mol. The standard InChI is InChI=1S/C24H22N4O4S/c1-16-8-14-20(15-9-16)33(30,31)28(3)19-12-10-18(11-13-19)24(29)26-22-7-5-4-6-21(22)23-25-17(2)32-27-23/h4-15H,1-3H3,(H,26,29). The minimum Gasteiger partial charge on any atom is -0.339 e. The molecule has 4 aromatic rings. The van der Waals surface area contributed by atoms with Crippen molar-refractivity contribution in [2.75, 3.05) is 16.7 Å². The van der Waals surface area contributed by atoms with Gasteiger partial charge in [0, 0.05) is 25.1 Å². The van der Waals surface area contributed by atoms with Gasteiger partial charge in [0.1, 0.15) is 0 Å². The Kier molecular flexibility index (Phi) is 5.97. The maximum absolute atomic E-state index is 12.9. The molecule has 0 unspecified atom stereocenters. The second-order valence-electron chi connectivity index (χ2n) is 7.47. The molecule has 0 fully saturated rings. The summed E-state index contributed by atoms with van der Waals surface area (Å²) in [6.07, 6.45) is 0. The number of amides is 1. The number of hydrogen-bond donors (Lipinski definition) is 1. The topological polar surface area (TPSA) is 105 Å². The van der Waals surface area contributed by atoms with E-state index in [0.29, 0.717) is 34.2 Å². The van der Waals surface area contributed by atoms with E-state index in [4.69, 9.17) is 4.52 Å². The highest BCUT2D eigenvalue weighted by Gasteiger charge is 2.21. The SMILES string of the molecule is Cc1ccc(S(=O)(=O)N(C)c2ccc(C(=O)Nc3ccccc3-c3noc(C)n3)cc2)cc1. The first kappa shape index (κ1) is 22.2. The number of carbonyl (C=O) groups excluding carboxylic acids is 1. The summed E-state index contributed by atoms with van der Waals surface area (Å²) in [5.41, 5.74) is 2.95. The highest BCUT2D eigenvalue weighted by molar-refractivity contribution is 7.92. The Hall–Kier alpha value is -3.98. The first-order chi connectivity index (χ1) is 15.8. The number of sulfonamides is 1. The van der Waals surface area contributed by atoms with Crippen LogP contribution in [0.4, 0.5) is 11.4 Å². The Morgan fingerprint density at radius 1 is 0.939 bits per heavy atom. The van der Waals surface area contributed by atoms with E-state index in [-0.39, 0.29) is 10.8 Å². The number of para-hydroxylation sites is 1. The number of nitrogens with one attached hydrogen (secondary N) is 1. The van der Waals surface area contributed by atoms with E-state index in [1.165, 1.54) is 11.4 Å². The molecule has 0 saturated heterocycles. The second-order valence-corrected chi connectivity index (χ2v) is 9.44. The first-order valence-electron chi connectivity index (χ1n) is 10.1. The molecule has 4 rings (SSSR count). The molecule has 0 spiro atoms. The molecule has 168 valence electrons. The summed E-state index contributed by atoms with van der Waals surface area (Å²) in [6, 6.07) is 20.1. The molecule has 8 nitrogen and oxygen atoms in total. The van der Waals surface area contributed by atoms with Crippen LogP contribution in [0.2, 0.25) is 0 Å². The average Bonchev–Trinajstić information content (AvgIpc) is 3.25. The van der Waals surface area contributed by atoms with Crippen molar-refractivity contribution in [3.05, 3.63) is 89.8 Å². The molecule has 1 amide bonds. The van der Waals surface area contributed by atoms with Gasteiger partial charge in [-0.05, 0) is 55.5 Å². The molecule has 0 atom stereocenters. The fraction of sp³-hybridized carbons (Fsp3) is 0.125. The van der Waals surface area contributed by atoms with E-state index in [0.717, 1.165) is 5.56 Å². The van der Waals surface area contributed by atoms with Crippen LogP contribution in [0.1, 0.15) is 21.8 Å². The quantitative estimate of drug-likeness (QED) is 0.454. The third kappa shape index (κ3) is 4.63. The predicted molar refractivity (Wildman–Crippen MR) is 126 cm³/mol. The van der Waals surface area contributed by atoms with Gasteiger partial charge >= 0.3 is 0 Å². The number of benzene rings is 3. The molecule has 0 saturated carbocycles. The molecule has 1 heterocycles. The monoisotopic (exact) mass is 462 g/mol. The van der Waals surface area contributed by atoms with Crippen molar-refractivity contribution in [2.24, 2.45) is 0 Å². The first-order valence-corrected chi connectivity index (χ1v) is 11.6. The fourth-order valence-electron chi connectivity index (χ4n) is 3.22. The molecule has 3 aromatic carbocycles. The normalized spacial score (nSPS) is 11.2. The second kappa shape index (κ2) is 8.87. The lowest BCUT2D eigenvalue weighted by molar-refractivity contribution is 0.102. The molecule has 1 aromatic heterocycles. The van der Waals surface area contributed by atoms with Crippen molar-refractivity contribution in [1.82, 2.24) is 10.1 Å². The van der Waals surface area contributed by atoms with E-state index >= 15 is 0 Å². The van der Waals surface area contributed by atoms with Gasteiger partial charge in [0.15, 0.2) is 0 Å². The Morgan fingerprint density at radius 3 is 2.24 bits per heavy atom. The lowest BCUT2D eigenvalue weighted by Crippen LogP contribution is -2.26. The third-order valence-corrected chi connectivity index (χ3v) is 6.92. The molecule has 0 bridgehead atoms. The van der Waals surface area contributed by atoms with E-state index in [9.17, 15) is 13.2 Å². The van der Waals surface area contributed by atoms with Gasteiger partial charge in [-0.1, -0.05) is 35.0 Å². The van der Waals surface area contributed by atoms with E-state index in [1.807, 2.05) is 13.0 Å². The minimum absolute atomic E-state index is 0.200. The van der Waals surface area contributed by atoms with Crippen LogP contribution in [0.25, 0.3) is 11.4 Å². The number of aryl methyl sites for hydroxylation is 2. The van der Waals surface area contributed by atoms with Crippen molar-refractivity contribution in [3.63, 3.8) is 0 Å². The van der Waals surface area contributed by atoms with Crippen LogP contribution in [0.15, 0.2) is 82.2 Å². The van der Waals surface area contributed by atoms with Gasteiger partial charge in [-0.3, -0.25) is 9.10 Å². The van der Waals surface area contributed by atoms with E-state index < -0.39 is 10.0 Å². The largest absolute Gasteiger partial charge is 0.339 e. The zero-order chi connectivity index (χ0) is 23.6. The van der Waals surface area contributed by atoms with Crippen LogP contribution in [0.5, 0.6) is 0 Å². The van der Waals surface area contributed by atoms with Crippen molar-refractivity contribution < 1.29 is 17.7 Å². The smallest absolute Gasteiger partial charge is 0.264 e. The molecule has 0 aliphatic rings. The molecule has 0 aliphatic heterocycles. The van der Waals surface area contributed by atoms with Gasteiger partial charge < -0.3 is 9.84 Å². The lowest BCUT2D eigenvalue weighted by atomic mass is 10.1. The van der Waals surface area contributed by atoms with Crippen LogP contribution in [0, 0.1) is 13.8 Å². The minimum atomic E-state index is -3.71. The number of hydrogen-bond acceptors (Lipinski definition) is 6. The zero-order valence-electron chi connectivity index (χ0n) is 18.3. The summed E-state index contributed by atoms with van der Waals surface area (Å²) in [7, 11) is -2.24. The van der Waals surface area contributed by atoms with Crippen LogP contribution < -0.4 is 9.62 Å². The van der Waals surface area contributed by atoms with Crippen molar-refractivity contribution >= 4 is 27.3 Å². The van der Waals surface area contributed by atoms with Gasteiger partial charge in [-0.15, -0.1) is 0 Å². The molecule has 0 aliphatic carbocycles. The Bertz CT molecular complexity index is 1400. The summed E-state index contributed by atoms with van der Waals surface area (Å²) in [5, 5.41) is 6.76. The predicted octanol–water partition coefficient (Wildman–Crippen LogP) is 4.43. The van der Waals surface area contributed by atoms with Crippen molar-refractivity contribution in [1.29, 1.82) is 0 Å². The molecule has 1 N–H and O–H groups in total. The van der Waals surface area contributed by atoms with E-state index in [1.54, 1.807) is 73.7 Å². The van der Waals surface area contributed by atoms with Gasteiger partial charge in [-0.25, -0.2) is 8.42 Å². The number of nitrogens with zero attached hydrogens (tertiary/aromatic N) is 3. The van der Waals surface area contributed by atoms with Gasteiger partial charge in [0.05, 0.1) is 16.3 Å². The van der Waals surface area contributed by atoms with Gasteiger partial charge in [-0.2, -0.15) is 4.98 Å². The lowest BCUT2D eigenvalue weighted by Gasteiger charge is -2.20. The number of aromatic nitrogens is 2. The van der Waals surface area contributed by atoms with Gasteiger partial charge in [0.25, 0.3) is 15.9 Å². The molecular weight excluding hydrogens is 440 g/mol. The fourth-order valence-corrected chi connectivity index (χ4v) is 4.42. The zero-order valence-corrected chi connectivity index (χ0v) is 19.1. The Labute approximate surface area is 191 Å². The summed E-state index contributed by atoms with van der Waals surface area (Å²) in [4.78, 5) is 17.2. The highest BCUT2D eigenvalue weighted by Crippen LogP contribution is 2.27. The van der Waals surface area contributed by atoms with Crippen molar-refractivity contribution in [3.8, 4) is 11.4 Å². The maximum atomic E-state index is 12.9.